The van der Waals surface area contributed by atoms with Gasteiger partial charge in [0.15, 0.2) is 5.79 Å². The molecule has 1 saturated heterocycles. The molecule has 222 valence electrons. The van der Waals surface area contributed by atoms with E-state index in [1.165, 1.54) is 50.2 Å². The number of hydrogen-bond acceptors (Lipinski definition) is 5. The summed E-state index contributed by atoms with van der Waals surface area (Å²) in [6, 6.07) is 11.5. The lowest BCUT2D eigenvalue weighted by Gasteiger charge is -2.43. The Labute approximate surface area is 235 Å². The Balaban J connectivity index is 1.34. The Bertz CT molecular complexity index is 1270. The van der Waals surface area contributed by atoms with Gasteiger partial charge in [0.2, 0.25) is 5.60 Å². The molecular formula is C30H34F4N2O5. The van der Waals surface area contributed by atoms with E-state index in [0.29, 0.717) is 31.2 Å². The zero-order chi connectivity index (χ0) is 29.6. The maximum absolute atomic E-state index is 14.2. The highest BCUT2D eigenvalue weighted by Gasteiger charge is 2.64. The van der Waals surface area contributed by atoms with Crippen LogP contribution < -0.4 is 5.73 Å². The van der Waals surface area contributed by atoms with Crippen LogP contribution in [0.2, 0.25) is 0 Å². The normalized spacial score (nSPS) is 27.8. The lowest BCUT2D eigenvalue weighted by molar-refractivity contribution is -0.289. The van der Waals surface area contributed by atoms with Crippen LogP contribution in [0.4, 0.5) is 22.4 Å². The van der Waals surface area contributed by atoms with Crippen molar-refractivity contribution in [3.05, 3.63) is 71.0 Å². The molecule has 2 aromatic rings. The number of rotatable bonds is 7. The van der Waals surface area contributed by atoms with Gasteiger partial charge in [0, 0.05) is 23.1 Å². The van der Waals surface area contributed by atoms with E-state index in [2.05, 4.69) is 0 Å². The zero-order valence-electron chi connectivity index (χ0n) is 23.0. The number of hydrogen-bond donors (Lipinski definition) is 1. The Morgan fingerprint density at radius 2 is 1.51 bits per heavy atom. The molecule has 3 fully saturated rings. The van der Waals surface area contributed by atoms with Gasteiger partial charge in [-0.1, -0.05) is 24.3 Å². The van der Waals surface area contributed by atoms with Crippen LogP contribution in [-0.2, 0) is 25.2 Å². The number of ether oxygens (including phenoxy) is 3. The maximum atomic E-state index is 14.2. The van der Waals surface area contributed by atoms with Gasteiger partial charge in [0.25, 0.3) is 5.91 Å². The summed E-state index contributed by atoms with van der Waals surface area (Å²) < 4.78 is 72.0. The van der Waals surface area contributed by atoms with Crippen molar-refractivity contribution in [3.63, 3.8) is 0 Å². The highest BCUT2D eigenvalue weighted by Crippen LogP contribution is 2.50. The molecule has 1 aliphatic heterocycles. The van der Waals surface area contributed by atoms with Crippen molar-refractivity contribution in [2.75, 3.05) is 13.2 Å². The van der Waals surface area contributed by atoms with Crippen molar-refractivity contribution < 1.29 is 41.4 Å². The lowest BCUT2D eigenvalue weighted by atomic mass is 9.68. The molecule has 0 radical (unpaired) electrons. The molecule has 11 heteroatoms. The van der Waals surface area contributed by atoms with Gasteiger partial charge in [-0.2, -0.15) is 13.2 Å². The quantitative estimate of drug-likeness (QED) is 0.411. The molecule has 0 aromatic heterocycles. The lowest BCUT2D eigenvalue weighted by Crippen LogP contribution is -2.48. The Hall–Kier alpha value is -3.18. The predicted octanol–water partition coefficient (Wildman–Crippen LogP) is 5.95. The minimum absolute atomic E-state index is 0.0447. The summed E-state index contributed by atoms with van der Waals surface area (Å²) in [6.07, 6.45) is -1.53. The summed E-state index contributed by atoms with van der Waals surface area (Å²) in [7, 11) is 0. The summed E-state index contributed by atoms with van der Waals surface area (Å²) in [6.45, 7) is 2.23. The monoisotopic (exact) mass is 578 g/mol. The number of halogens is 4. The molecule has 1 heterocycles. The largest absolute Gasteiger partial charge is 0.449 e. The van der Waals surface area contributed by atoms with Crippen molar-refractivity contribution in [3.8, 4) is 0 Å². The van der Waals surface area contributed by atoms with E-state index < -0.39 is 35.7 Å². The molecule has 0 spiro atoms. The van der Waals surface area contributed by atoms with Gasteiger partial charge < -0.3 is 24.8 Å². The third kappa shape index (κ3) is 5.79. The fourth-order valence-corrected chi connectivity index (χ4v) is 6.18. The van der Waals surface area contributed by atoms with Gasteiger partial charge in [-0.25, -0.2) is 9.18 Å². The number of nitrogens with two attached hydrogens (primary N) is 1. The average molecular weight is 579 g/mol. The Kier molecular flexibility index (Phi) is 7.57. The van der Waals surface area contributed by atoms with E-state index in [4.69, 9.17) is 19.9 Å². The first-order chi connectivity index (χ1) is 19.3. The van der Waals surface area contributed by atoms with E-state index in [9.17, 15) is 27.2 Å². The van der Waals surface area contributed by atoms with Crippen LogP contribution in [0.3, 0.4) is 0 Å². The van der Waals surface area contributed by atoms with E-state index in [1.54, 1.807) is 12.1 Å². The van der Waals surface area contributed by atoms with E-state index in [1.807, 2.05) is 4.90 Å². The third-order valence-corrected chi connectivity index (χ3v) is 8.53. The van der Waals surface area contributed by atoms with Gasteiger partial charge in [0.1, 0.15) is 12.4 Å². The van der Waals surface area contributed by atoms with Crippen LogP contribution in [0.1, 0.15) is 73.9 Å². The standard InChI is InChI=1S/C30H34F4N2O5/c1-27(2)40-18-29(41-27,30(32,33)34)21-5-3-19(4-6-21)25(37)36(23-11-12-23)24-13-15-28(16-14-24,17-39-26(35)38)20-7-9-22(31)10-8-20/h3-10,23-24H,11-18H2,1-2H3,(H2,35,38)/t24-,28+,29?. The van der Waals surface area contributed by atoms with Gasteiger partial charge in [0.05, 0.1) is 6.61 Å². The molecule has 1 unspecified atom stereocenters. The van der Waals surface area contributed by atoms with Crippen LogP contribution in [0, 0.1) is 5.82 Å². The number of carbonyl (C=O) groups excluding carboxylic acids is 2. The highest BCUT2D eigenvalue weighted by atomic mass is 19.4. The smallest absolute Gasteiger partial charge is 0.424 e. The highest BCUT2D eigenvalue weighted by molar-refractivity contribution is 5.95. The number of amides is 2. The first kappa shape index (κ1) is 29.3. The molecule has 2 amide bonds. The topological polar surface area (TPSA) is 91.1 Å². The minimum atomic E-state index is -4.72. The Morgan fingerprint density at radius 3 is 2.00 bits per heavy atom. The van der Waals surface area contributed by atoms with Crippen LogP contribution >= 0.6 is 0 Å². The van der Waals surface area contributed by atoms with E-state index in [-0.39, 0.29) is 36.0 Å². The molecule has 2 saturated carbocycles. The molecule has 5 rings (SSSR count). The number of carbonyl (C=O) groups is 2. The fourth-order valence-electron chi connectivity index (χ4n) is 6.18. The summed E-state index contributed by atoms with van der Waals surface area (Å²) >= 11 is 0. The first-order valence-electron chi connectivity index (χ1n) is 13.8. The van der Waals surface area contributed by atoms with Crippen molar-refractivity contribution in [1.29, 1.82) is 0 Å². The summed E-state index contributed by atoms with van der Waals surface area (Å²) in [5.41, 5.74) is 3.06. The predicted molar refractivity (Wildman–Crippen MR) is 140 cm³/mol. The van der Waals surface area contributed by atoms with E-state index >= 15 is 0 Å². The van der Waals surface area contributed by atoms with Crippen LogP contribution in [-0.4, -0.2) is 54.2 Å². The van der Waals surface area contributed by atoms with Gasteiger partial charge in [-0.15, -0.1) is 0 Å². The van der Waals surface area contributed by atoms with Crippen LogP contribution in [0.25, 0.3) is 0 Å². The second-order valence-electron chi connectivity index (χ2n) is 11.8. The molecule has 41 heavy (non-hydrogen) atoms. The number of nitrogens with zero attached hydrogens (tertiary/aromatic N) is 1. The van der Waals surface area contributed by atoms with Crippen molar-refractivity contribution in [1.82, 2.24) is 4.90 Å². The third-order valence-electron chi connectivity index (χ3n) is 8.53. The summed E-state index contributed by atoms with van der Waals surface area (Å²) in [4.78, 5) is 27.0. The van der Waals surface area contributed by atoms with Crippen molar-refractivity contribution >= 4 is 12.0 Å². The molecule has 7 nitrogen and oxygen atoms in total. The van der Waals surface area contributed by atoms with Crippen molar-refractivity contribution in [2.24, 2.45) is 5.73 Å². The molecule has 3 aliphatic rings. The van der Waals surface area contributed by atoms with Crippen LogP contribution in [0.15, 0.2) is 48.5 Å². The minimum Gasteiger partial charge on any atom is -0.449 e. The fraction of sp³-hybridized carbons (Fsp3) is 0.533. The SMILES string of the molecule is CC1(C)OCC(c2ccc(C(=O)N(C3CC3)[C@H]3CC[C@@](COC(N)=O)(c4ccc(F)cc4)CC3)cc2)(C(F)(F)F)O1. The molecular weight excluding hydrogens is 544 g/mol. The summed E-state index contributed by atoms with van der Waals surface area (Å²) in [5, 5.41) is 0. The molecule has 2 N–H and O–H groups in total. The summed E-state index contributed by atoms with van der Waals surface area (Å²) in [5.74, 6) is -2.02. The Morgan fingerprint density at radius 1 is 0.951 bits per heavy atom. The molecule has 2 aromatic carbocycles. The average Bonchev–Trinajstić information content (AvgIpc) is 3.69. The molecule has 0 bridgehead atoms. The number of primary amides is 1. The number of alkyl halides is 3. The first-order valence-corrected chi connectivity index (χ1v) is 13.8. The van der Waals surface area contributed by atoms with Crippen molar-refractivity contribution in [2.45, 2.75) is 87.4 Å². The van der Waals surface area contributed by atoms with Gasteiger partial charge in [-0.3, -0.25) is 4.79 Å². The zero-order valence-corrected chi connectivity index (χ0v) is 23.0. The maximum Gasteiger partial charge on any atom is 0.424 e. The van der Waals surface area contributed by atoms with Crippen LogP contribution in [0.5, 0.6) is 0 Å². The number of benzene rings is 2. The molecule has 2 aliphatic carbocycles. The second-order valence-corrected chi connectivity index (χ2v) is 11.8. The van der Waals surface area contributed by atoms with Gasteiger partial charge in [-0.05, 0) is 87.8 Å². The second kappa shape index (κ2) is 10.6. The van der Waals surface area contributed by atoms with Gasteiger partial charge >= 0.3 is 12.3 Å². The molecule has 1 atom stereocenters. The van der Waals surface area contributed by atoms with E-state index in [0.717, 1.165) is 18.4 Å².